The van der Waals surface area contributed by atoms with E-state index in [0.29, 0.717) is 12.3 Å². The number of rotatable bonds is 4. The summed E-state index contributed by atoms with van der Waals surface area (Å²) in [6.07, 6.45) is 1.88. The predicted octanol–water partition coefficient (Wildman–Crippen LogP) is 1.30. The number of hydrogen-bond acceptors (Lipinski definition) is 3. The average molecular weight is 194 g/mol. The number of benzene rings is 1. The molecule has 1 atom stereocenters. The van der Waals surface area contributed by atoms with Gasteiger partial charge >= 0.3 is 0 Å². The summed E-state index contributed by atoms with van der Waals surface area (Å²) in [7, 11) is 0. The van der Waals surface area contributed by atoms with Crippen molar-refractivity contribution in [2.45, 2.75) is 25.8 Å². The predicted molar refractivity (Wildman–Crippen MR) is 58.1 cm³/mol. The Hall–Kier alpha value is -1.06. The Bertz CT molecular complexity index is 299. The van der Waals surface area contributed by atoms with Gasteiger partial charge in [-0.25, -0.2) is 0 Å². The highest BCUT2D eigenvalue weighted by Gasteiger charge is 2.11. The van der Waals surface area contributed by atoms with E-state index in [1.807, 2.05) is 18.2 Å². The summed E-state index contributed by atoms with van der Waals surface area (Å²) >= 11 is 0. The van der Waals surface area contributed by atoms with Crippen molar-refractivity contribution < 1.29 is 5.11 Å². The monoisotopic (exact) mass is 194 g/mol. The number of nitrogens with two attached hydrogens (primary N) is 2. The third-order valence-electron chi connectivity index (χ3n) is 2.32. The van der Waals surface area contributed by atoms with Crippen LogP contribution in [0.2, 0.25) is 0 Å². The van der Waals surface area contributed by atoms with Gasteiger partial charge in [-0.05, 0) is 12.0 Å². The number of phenolic OH excluding ortho intramolecular Hbond substituents is 1. The van der Waals surface area contributed by atoms with Crippen LogP contribution in [0.1, 0.15) is 30.5 Å². The van der Waals surface area contributed by atoms with Crippen LogP contribution < -0.4 is 11.5 Å². The van der Waals surface area contributed by atoms with E-state index in [1.165, 1.54) is 0 Å². The lowest BCUT2D eigenvalue weighted by molar-refractivity contribution is 0.454. The Kier molecular flexibility index (Phi) is 3.92. The normalized spacial score (nSPS) is 12.8. The minimum atomic E-state index is -0.271. The summed E-state index contributed by atoms with van der Waals surface area (Å²) < 4.78 is 0. The van der Waals surface area contributed by atoms with Gasteiger partial charge in [0.2, 0.25) is 0 Å². The molecule has 1 aromatic carbocycles. The first-order valence-electron chi connectivity index (χ1n) is 4.97. The molecule has 0 amide bonds. The highest BCUT2D eigenvalue weighted by atomic mass is 16.3. The van der Waals surface area contributed by atoms with Crippen molar-refractivity contribution >= 4 is 0 Å². The molecule has 0 fully saturated rings. The third kappa shape index (κ3) is 2.25. The highest BCUT2D eigenvalue weighted by molar-refractivity contribution is 5.42. The molecule has 0 heterocycles. The van der Waals surface area contributed by atoms with Crippen molar-refractivity contribution in [3.63, 3.8) is 0 Å². The van der Waals surface area contributed by atoms with Crippen molar-refractivity contribution in [3.05, 3.63) is 29.3 Å². The summed E-state index contributed by atoms with van der Waals surface area (Å²) in [5.74, 6) is 0.312. The van der Waals surface area contributed by atoms with Crippen LogP contribution in [-0.2, 0) is 6.42 Å². The summed E-state index contributed by atoms with van der Waals surface area (Å²) in [5.41, 5.74) is 12.9. The zero-order valence-electron chi connectivity index (χ0n) is 8.53. The molecule has 0 aliphatic carbocycles. The fourth-order valence-corrected chi connectivity index (χ4v) is 1.51. The lowest BCUT2D eigenvalue weighted by Gasteiger charge is -2.13. The fraction of sp³-hybridized carbons (Fsp3) is 0.455. The molecular weight excluding hydrogens is 176 g/mol. The standard InChI is InChI=1S/C11H18N2O/c1-2-4-8-5-3-6-9(11(8)14)10(13)7-12/h3,5-6,10,14H,2,4,7,12-13H2,1H3/t10-/m0/s1. The topological polar surface area (TPSA) is 72.3 Å². The molecule has 0 spiro atoms. The minimum absolute atomic E-state index is 0.271. The number of aryl methyl sites for hydroxylation is 1. The molecule has 0 saturated heterocycles. The van der Waals surface area contributed by atoms with Crippen LogP contribution >= 0.6 is 0 Å². The van der Waals surface area contributed by atoms with Crippen molar-refractivity contribution in [3.8, 4) is 5.75 Å². The maximum atomic E-state index is 9.89. The van der Waals surface area contributed by atoms with Crippen LogP contribution in [0.3, 0.4) is 0 Å². The number of hydrogen-bond donors (Lipinski definition) is 3. The van der Waals surface area contributed by atoms with Gasteiger partial charge in [-0.3, -0.25) is 0 Å². The molecule has 0 aliphatic heterocycles. The summed E-state index contributed by atoms with van der Waals surface area (Å²) in [6, 6.07) is 5.39. The van der Waals surface area contributed by atoms with Gasteiger partial charge in [-0.1, -0.05) is 31.5 Å². The molecule has 0 unspecified atom stereocenters. The van der Waals surface area contributed by atoms with Crippen molar-refractivity contribution in [2.75, 3.05) is 6.54 Å². The van der Waals surface area contributed by atoms with E-state index in [0.717, 1.165) is 24.0 Å². The molecule has 14 heavy (non-hydrogen) atoms. The largest absolute Gasteiger partial charge is 0.507 e. The van der Waals surface area contributed by atoms with Gasteiger partial charge in [0, 0.05) is 18.2 Å². The zero-order valence-corrected chi connectivity index (χ0v) is 8.53. The molecule has 0 aromatic heterocycles. The minimum Gasteiger partial charge on any atom is -0.507 e. The summed E-state index contributed by atoms with van der Waals surface area (Å²) in [6.45, 7) is 2.43. The molecule has 0 bridgehead atoms. The average Bonchev–Trinajstić information content (AvgIpc) is 2.20. The Balaban J connectivity index is 3.00. The van der Waals surface area contributed by atoms with E-state index < -0.39 is 0 Å². The Morgan fingerprint density at radius 3 is 2.71 bits per heavy atom. The van der Waals surface area contributed by atoms with Crippen LogP contribution in [0.5, 0.6) is 5.75 Å². The third-order valence-corrected chi connectivity index (χ3v) is 2.32. The van der Waals surface area contributed by atoms with Crippen molar-refractivity contribution in [1.82, 2.24) is 0 Å². The Labute approximate surface area is 84.7 Å². The number of aromatic hydroxyl groups is 1. The lowest BCUT2D eigenvalue weighted by Crippen LogP contribution is -2.21. The Morgan fingerprint density at radius 1 is 1.43 bits per heavy atom. The van der Waals surface area contributed by atoms with E-state index in [4.69, 9.17) is 11.5 Å². The second-order valence-corrected chi connectivity index (χ2v) is 3.45. The molecule has 5 N–H and O–H groups in total. The van der Waals surface area contributed by atoms with Crippen molar-refractivity contribution in [2.24, 2.45) is 11.5 Å². The van der Waals surface area contributed by atoms with Crippen LogP contribution in [0.15, 0.2) is 18.2 Å². The van der Waals surface area contributed by atoms with Gasteiger partial charge in [0.15, 0.2) is 0 Å². The van der Waals surface area contributed by atoms with E-state index in [2.05, 4.69) is 6.92 Å². The Morgan fingerprint density at radius 2 is 2.14 bits per heavy atom. The first-order valence-corrected chi connectivity index (χ1v) is 4.97. The fourth-order valence-electron chi connectivity index (χ4n) is 1.51. The molecule has 0 aliphatic rings. The van der Waals surface area contributed by atoms with Gasteiger partial charge in [-0.15, -0.1) is 0 Å². The van der Waals surface area contributed by atoms with Crippen molar-refractivity contribution in [1.29, 1.82) is 0 Å². The molecule has 0 saturated carbocycles. The maximum Gasteiger partial charge on any atom is 0.123 e. The maximum absolute atomic E-state index is 9.89. The molecule has 78 valence electrons. The van der Waals surface area contributed by atoms with E-state index >= 15 is 0 Å². The van der Waals surface area contributed by atoms with Gasteiger partial charge in [-0.2, -0.15) is 0 Å². The van der Waals surface area contributed by atoms with E-state index in [9.17, 15) is 5.11 Å². The first kappa shape index (κ1) is 11.0. The molecule has 3 heteroatoms. The SMILES string of the molecule is CCCc1cccc([C@@H](N)CN)c1O. The zero-order chi connectivity index (χ0) is 10.6. The highest BCUT2D eigenvalue weighted by Crippen LogP contribution is 2.27. The first-order chi connectivity index (χ1) is 6.70. The van der Waals surface area contributed by atoms with Crippen LogP contribution in [0.25, 0.3) is 0 Å². The van der Waals surface area contributed by atoms with Crippen LogP contribution in [0, 0.1) is 0 Å². The van der Waals surface area contributed by atoms with Gasteiger partial charge in [0.1, 0.15) is 5.75 Å². The molecular formula is C11H18N2O. The second kappa shape index (κ2) is 4.98. The molecule has 0 radical (unpaired) electrons. The van der Waals surface area contributed by atoms with E-state index in [1.54, 1.807) is 0 Å². The quantitative estimate of drug-likeness (QED) is 0.676. The number of para-hydroxylation sites is 1. The van der Waals surface area contributed by atoms with Gasteiger partial charge in [0.05, 0.1) is 0 Å². The lowest BCUT2D eigenvalue weighted by atomic mass is 10.0. The van der Waals surface area contributed by atoms with Gasteiger partial charge in [0.25, 0.3) is 0 Å². The van der Waals surface area contributed by atoms with Crippen LogP contribution in [0.4, 0.5) is 0 Å². The summed E-state index contributed by atoms with van der Waals surface area (Å²) in [4.78, 5) is 0. The molecule has 1 aromatic rings. The summed E-state index contributed by atoms with van der Waals surface area (Å²) in [5, 5.41) is 9.89. The molecule has 1 rings (SSSR count). The smallest absolute Gasteiger partial charge is 0.123 e. The second-order valence-electron chi connectivity index (χ2n) is 3.45. The van der Waals surface area contributed by atoms with E-state index in [-0.39, 0.29) is 6.04 Å². The molecule has 3 nitrogen and oxygen atoms in total. The number of phenols is 1. The van der Waals surface area contributed by atoms with Crippen LogP contribution in [-0.4, -0.2) is 11.7 Å². The van der Waals surface area contributed by atoms with Gasteiger partial charge < -0.3 is 16.6 Å².